The monoisotopic (exact) mass is 665 g/mol. The van der Waals surface area contributed by atoms with E-state index in [1.54, 1.807) is 6.20 Å². The van der Waals surface area contributed by atoms with Crippen molar-refractivity contribution in [3.63, 3.8) is 0 Å². The van der Waals surface area contributed by atoms with Crippen molar-refractivity contribution in [2.45, 2.75) is 19.3 Å². The topological polar surface area (TPSA) is 30.7 Å². The molecule has 3 nitrogen and oxygen atoms in total. The zero-order valence-corrected chi connectivity index (χ0v) is 29.1. The first kappa shape index (κ1) is 30.3. The summed E-state index contributed by atoms with van der Waals surface area (Å²) < 4.78 is 2.39. The predicted octanol–water partition coefficient (Wildman–Crippen LogP) is 12.5. The first-order valence-corrected chi connectivity index (χ1v) is 17.9. The predicted molar refractivity (Wildman–Crippen MR) is 216 cm³/mol. The molecular formula is C49H35N3. The normalized spacial score (nSPS) is 13.0. The highest BCUT2D eigenvalue weighted by Crippen LogP contribution is 2.50. The van der Waals surface area contributed by atoms with Crippen LogP contribution in [-0.4, -0.2) is 14.5 Å². The Morgan fingerprint density at radius 1 is 0.442 bits per heavy atom. The van der Waals surface area contributed by atoms with E-state index in [-0.39, 0.29) is 5.41 Å². The molecule has 6 aromatic carbocycles. The van der Waals surface area contributed by atoms with Gasteiger partial charge >= 0.3 is 0 Å². The summed E-state index contributed by atoms with van der Waals surface area (Å²) in [5.41, 5.74) is 18.0. The van der Waals surface area contributed by atoms with Gasteiger partial charge in [-0.05, 0) is 93.0 Å². The molecule has 1 aliphatic rings. The van der Waals surface area contributed by atoms with E-state index in [0.29, 0.717) is 0 Å². The molecule has 3 heterocycles. The molecule has 0 amide bonds. The second-order valence-electron chi connectivity index (χ2n) is 14.3. The molecule has 0 atom stereocenters. The van der Waals surface area contributed by atoms with Gasteiger partial charge in [0, 0.05) is 57.2 Å². The van der Waals surface area contributed by atoms with Gasteiger partial charge in [0.15, 0.2) is 0 Å². The summed E-state index contributed by atoms with van der Waals surface area (Å²) in [5, 5.41) is 2.56. The summed E-state index contributed by atoms with van der Waals surface area (Å²) in [7, 11) is 0. The lowest BCUT2D eigenvalue weighted by atomic mass is 9.81. The van der Waals surface area contributed by atoms with Gasteiger partial charge < -0.3 is 4.57 Å². The molecule has 246 valence electrons. The molecule has 0 bridgehead atoms. The molecule has 0 aliphatic heterocycles. The Hall–Kier alpha value is -6.58. The van der Waals surface area contributed by atoms with Crippen LogP contribution in [0.25, 0.3) is 83.3 Å². The van der Waals surface area contributed by atoms with Crippen LogP contribution >= 0.6 is 0 Å². The molecule has 10 rings (SSSR count). The summed E-state index contributed by atoms with van der Waals surface area (Å²) in [6.07, 6.45) is 5.58. The van der Waals surface area contributed by atoms with Crippen LogP contribution in [0.2, 0.25) is 0 Å². The van der Waals surface area contributed by atoms with Gasteiger partial charge in [-0.3, -0.25) is 9.97 Å². The zero-order valence-electron chi connectivity index (χ0n) is 29.1. The van der Waals surface area contributed by atoms with E-state index < -0.39 is 0 Å². The Morgan fingerprint density at radius 2 is 1.00 bits per heavy atom. The van der Waals surface area contributed by atoms with Gasteiger partial charge in [-0.1, -0.05) is 123 Å². The SMILES string of the molecule is CC1(C)c2cc(-c3ccc(-c4ccc(-c5cccnc5)cn4)cc3)ccc2-c2ccc(-c3cccc(-n4c5ccccc5c5ccccc54)c3)cc21. The number of rotatable bonds is 5. The van der Waals surface area contributed by atoms with Crippen LogP contribution in [0.3, 0.4) is 0 Å². The molecule has 1 aliphatic carbocycles. The van der Waals surface area contributed by atoms with Gasteiger partial charge in [-0.15, -0.1) is 0 Å². The number of hydrogen-bond donors (Lipinski definition) is 0. The van der Waals surface area contributed by atoms with Crippen LogP contribution in [0, 0.1) is 0 Å². The highest BCUT2D eigenvalue weighted by atomic mass is 15.0. The molecule has 52 heavy (non-hydrogen) atoms. The van der Waals surface area contributed by atoms with Crippen LogP contribution in [0.4, 0.5) is 0 Å². The van der Waals surface area contributed by atoms with E-state index in [4.69, 9.17) is 4.98 Å². The Kier molecular flexibility index (Phi) is 6.84. The Bertz CT molecular complexity index is 2740. The van der Waals surface area contributed by atoms with Gasteiger partial charge in [0.05, 0.1) is 16.7 Å². The first-order valence-electron chi connectivity index (χ1n) is 17.9. The fourth-order valence-corrected chi connectivity index (χ4v) is 8.22. The molecule has 0 fully saturated rings. The minimum absolute atomic E-state index is 0.138. The van der Waals surface area contributed by atoms with Gasteiger partial charge in [-0.2, -0.15) is 0 Å². The number of pyridine rings is 2. The van der Waals surface area contributed by atoms with Crippen LogP contribution in [0.5, 0.6) is 0 Å². The minimum atomic E-state index is -0.138. The number of para-hydroxylation sites is 2. The molecule has 3 heteroatoms. The maximum Gasteiger partial charge on any atom is 0.0702 e. The van der Waals surface area contributed by atoms with Crippen molar-refractivity contribution < 1.29 is 0 Å². The van der Waals surface area contributed by atoms with Crippen molar-refractivity contribution in [3.8, 4) is 61.5 Å². The van der Waals surface area contributed by atoms with Gasteiger partial charge in [0.1, 0.15) is 0 Å². The largest absolute Gasteiger partial charge is 0.309 e. The van der Waals surface area contributed by atoms with Crippen molar-refractivity contribution in [3.05, 3.63) is 187 Å². The van der Waals surface area contributed by atoms with E-state index in [0.717, 1.165) is 22.4 Å². The van der Waals surface area contributed by atoms with Gasteiger partial charge in [0.25, 0.3) is 0 Å². The Morgan fingerprint density at radius 3 is 1.63 bits per heavy atom. The van der Waals surface area contributed by atoms with Gasteiger partial charge in [0.2, 0.25) is 0 Å². The molecule has 0 saturated heterocycles. The number of aromatic nitrogens is 3. The third-order valence-electron chi connectivity index (χ3n) is 11.0. The van der Waals surface area contributed by atoms with E-state index in [2.05, 4.69) is 175 Å². The summed E-state index contributed by atoms with van der Waals surface area (Å²) in [6.45, 7) is 4.73. The molecule has 3 aromatic heterocycles. The van der Waals surface area contributed by atoms with Gasteiger partial charge in [-0.25, -0.2) is 0 Å². The third kappa shape index (κ3) is 4.81. The first-order chi connectivity index (χ1) is 25.5. The smallest absolute Gasteiger partial charge is 0.0702 e. The number of fused-ring (bicyclic) bond motifs is 6. The summed E-state index contributed by atoms with van der Waals surface area (Å²) in [5.74, 6) is 0. The highest BCUT2D eigenvalue weighted by Gasteiger charge is 2.36. The molecule has 0 saturated carbocycles. The summed E-state index contributed by atoms with van der Waals surface area (Å²) >= 11 is 0. The summed E-state index contributed by atoms with van der Waals surface area (Å²) in [4.78, 5) is 8.99. The number of benzene rings is 6. The van der Waals surface area contributed by atoms with E-state index in [9.17, 15) is 0 Å². The number of nitrogens with zero attached hydrogens (tertiary/aromatic N) is 3. The van der Waals surface area contributed by atoms with Crippen LogP contribution in [0.1, 0.15) is 25.0 Å². The lowest BCUT2D eigenvalue weighted by Crippen LogP contribution is -2.15. The molecule has 0 spiro atoms. The van der Waals surface area contributed by atoms with E-state index >= 15 is 0 Å². The van der Waals surface area contributed by atoms with Crippen LogP contribution < -0.4 is 0 Å². The minimum Gasteiger partial charge on any atom is -0.309 e. The van der Waals surface area contributed by atoms with Crippen molar-refractivity contribution in [1.29, 1.82) is 0 Å². The molecule has 0 radical (unpaired) electrons. The molecular weight excluding hydrogens is 631 g/mol. The number of hydrogen-bond acceptors (Lipinski definition) is 2. The molecule has 0 N–H and O–H groups in total. The maximum atomic E-state index is 4.76. The quantitative estimate of drug-likeness (QED) is 0.183. The Labute approximate surface area is 303 Å². The lowest BCUT2D eigenvalue weighted by molar-refractivity contribution is 0.661. The third-order valence-corrected chi connectivity index (χ3v) is 11.0. The van der Waals surface area contributed by atoms with Crippen molar-refractivity contribution >= 4 is 21.8 Å². The molecule has 0 unspecified atom stereocenters. The second kappa shape index (κ2) is 11.8. The van der Waals surface area contributed by atoms with Crippen molar-refractivity contribution in [1.82, 2.24) is 14.5 Å². The zero-order chi connectivity index (χ0) is 34.8. The lowest BCUT2D eigenvalue weighted by Gasteiger charge is -2.23. The fourth-order valence-electron chi connectivity index (χ4n) is 8.22. The van der Waals surface area contributed by atoms with Crippen molar-refractivity contribution in [2.75, 3.05) is 0 Å². The van der Waals surface area contributed by atoms with Crippen LogP contribution in [-0.2, 0) is 5.41 Å². The van der Waals surface area contributed by atoms with Crippen LogP contribution in [0.15, 0.2) is 176 Å². The summed E-state index contributed by atoms with van der Waals surface area (Å²) in [6, 6.07) is 57.4. The molecule has 9 aromatic rings. The average Bonchev–Trinajstić information content (AvgIpc) is 3.66. The maximum absolute atomic E-state index is 4.76. The standard InChI is InChI=1S/C49H35N3/c1-49(2)44-28-35(32-16-18-33(19-17-32)46-25-22-38(31-51-46)37-10-8-26-50-30-37)20-23-40(44)41-24-21-36(29-45(41)49)34-9-7-11-39(27-34)52-47-14-5-3-12-42(47)43-13-4-6-15-48(43)52/h3-31H,1-2H3. The Balaban J connectivity index is 0.957. The van der Waals surface area contributed by atoms with Crippen molar-refractivity contribution in [2.24, 2.45) is 0 Å². The van der Waals surface area contributed by atoms with E-state index in [1.807, 2.05) is 18.5 Å². The average molecular weight is 666 g/mol. The van der Waals surface area contributed by atoms with E-state index in [1.165, 1.54) is 72.0 Å². The highest BCUT2D eigenvalue weighted by molar-refractivity contribution is 6.09. The second-order valence-corrected chi connectivity index (χ2v) is 14.3. The fraction of sp³-hybridized carbons (Fsp3) is 0.0612.